The summed E-state index contributed by atoms with van der Waals surface area (Å²) in [5, 5.41) is 3.42. The monoisotopic (exact) mass is 258 g/mol. The van der Waals surface area contributed by atoms with E-state index in [1.54, 1.807) is 0 Å². The topological polar surface area (TPSA) is 32.3 Å². The van der Waals surface area contributed by atoms with E-state index in [1.165, 1.54) is 25.7 Å². The summed E-state index contributed by atoms with van der Waals surface area (Å²) in [5.41, 5.74) is 1.08. The average Bonchev–Trinajstić information content (AvgIpc) is 3.03. The predicted molar refractivity (Wildman–Crippen MR) is 75.5 cm³/mol. The molecule has 1 aromatic carbocycles. The molecule has 3 rings (SSSR count). The highest BCUT2D eigenvalue weighted by Gasteiger charge is 2.38. The number of hydrogen-bond donors (Lipinski definition) is 1. The molecular formula is C16H22N2O. The molecule has 1 aromatic rings. The van der Waals surface area contributed by atoms with Gasteiger partial charge in [0.15, 0.2) is 0 Å². The van der Waals surface area contributed by atoms with Crippen LogP contribution in [0.4, 0.5) is 0 Å². The van der Waals surface area contributed by atoms with Crippen molar-refractivity contribution in [1.29, 1.82) is 0 Å². The molecule has 2 atom stereocenters. The summed E-state index contributed by atoms with van der Waals surface area (Å²) in [7, 11) is 0. The summed E-state index contributed by atoms with van der Waals surface area (Å²) in [6.45, 7) is 3.02. The van der Waals surface area contributed by atoms with Crippen LogP contribution in [0.1, 0.15) is 44.2 Å². The summed E-state index contributed by atoms with van der Waals surface area (Å²) in [6.07, 6.45) is 5.38. The third-order valence-corrected chi connectivity index (χ3v) is 4.47. The first-order chi connectivity index (χ1) is 9.25. The third-order valence-electron chi connectivity index (χ3n) is 4.47. The largest absolute Gasteiger partial charge is 0.325 e. The number of nitrogens with one attached hydrogen (secondary N) is 1. The van der Waals surface area contributed by atoms with Gasteiger partial charge in [-0.3, -0.25) is 10.1 Å². The molecule has 1 heterocycles. The van der Waals surface area contributed by atoms with Crippen LogP contribution >= 0.6 is 0 Å². The van der Waals surface area contributed by atoms with Crippen LogP contribution in [0.15, 0.2) is 30.3 Å². The molecule has 2 unspecified atom stereocenters. The first kappa shape index (κ1) is 12.7. The van der Waals surface area contributed by atoms with E-state index in [0.717, 1.165) is 12.1 Å². The van der Waals surface area contributed by atoms with E-state index in [9.17, 15) is 4.79 Å². The SMILES string of the molecule is CC1NC(c2ccccc2)C(=O)N1CC1CCCC1. The summed E-state index contributed by atoms with van der Waals surface area (Å²) >= 11 is 0. The summed E-state index contributed by atoms with van der Waals surface area (Å²) in [4.78, 5) is 14.6. The number of nitrogens with zero attached hydrogens (tertiary/aromatic N) is 1. The molecule has 1 saturated carbocycles. The molecule has 19 heavy (non-hydrogen) atoms. The minimum absolute atomic E-state index is 0.151. The van der Waals surface area contributed by atoms with Crippen molar-refractivity contribution in [2.75, 3.05) is 6.54 Å². The molecule has 0 bridgehead atoms. The highest BCUT2D eigenvalue weighted by atomic mass is 16.2. The molecule has 0 spiro atoms. The van der Waals surface area contributed by atoms with E-state index in [1.807, 2.05) is 35.2 Å². The Balaban J connectivity index is 1.71. The number of hydrogen-bond acceptors (Lipinski definition) is 2. The van der Waals surface area contributed by atoms with Crippen molar-refractivity contribution < 1.29 is 4.79 Å². The molecule has 2 aliphatic rings. The van der Waals surface area contributed by atoms with Crippen LogP contribution in [0.3, 0.4) is 0 Å². The fraction of sp³-hybridized carbons (Fsp3) is 0.562. The van der Waals surface area contributed by atoms with E-state index in [-0.39, 0.29) is 18.1 Å². The van der Waals surface area contributed by atoms with Gasteiger partial charge in [-0.1, -0.05) is 43.2 Å². The van der Waals surface area contributed by atoms with Crippen LogP contribution in [-0.4, -0.2) is 23.5 Å². The molecule has 1 amide bonds. The quantitative estimate of drug-likeness (QED) is 0.904. The zero-order valence-corrected chi connectivity index (χ0v) is 11.5. The van der Waals surface area contributed by atoms with Gasteiger partial charge in [-0.05, 0) is 31.2 Å². The first-order valence-corrected chi connectivity index (χ1v) is 7.37. The Labute approximate surface area is 115 Å². The molecule has 3 heteroatoms. The van der Waals surface area contributed by atoms with E-state index in [2.05, 4.69) is 12.2 Å². The second kappa shape index (κ2) is 5.33. The number of rotatable bonds is 3. The number of amides is 1. The van der Waals surface area contributed by atoms with Crippen LogP contribution < -0.4 is 5.32 Å². The Morgan fingerprint density at radius 2 is 1.89 bits per heavy atom. The van der Waals surface area contributed by atoms with Crippen molar-refractivity contribution in [3.63, 3.8) is 0 Å². The number of carbonyl (C=O) groups excluding carboxylic acids is 1. The standard InChI is InChI=1S/C16H22N2O/c1-12-17-15(14-9-3-2-4-10-14)16(19)18(12)11-13-7-5-6-8-13/h2-4,9-10,12-13,15,17H,5-8,11H2,1H3. The normalized spacial score (nSPS) is 28.3. The van der Waals surface area contributed by atoms with Crippen molar-refractivity contribution in [2.24, 2.45) is 5.92 Å². The van der Waals surface area contributed by atoms with Gasteiger partial charge in [0.05, 0.1) is 6.17 Å². The van der Waals surface area contributed by atoms with E-state index in [4.69, 9.17) is 0 Å². The van der Waals surface area contributed by atoms with Crippen LogP contribution in [0, 0.1) is 5.92 Å². The molecule has 1 aliphatic carbocycles. The van der Waals surface area contributed by atoms with Crippen LogP contribution in [-0.2, 0) is 4.79 Å². The van der Waals surface area contributed by atoms with Gasteiger partial charge in [0.2, 0.25) is 5.91 Å². The van der Waals surface area contributed by atoms with Gasteiger partial charge in [-0.25, -0.2) is 0 Å². The summed E-state index contributed by atoms with van der Waals surface area (Å²) in [5.74, 6) is 0.952. The van der Waals surface area contributed by atoms with Gasteiger partial charge in [0, 0.05) is 6.54 Å². The maximum Gasteiger partial charge on any atom is 0.245 e. The van der Waals surface area contributed by atoms with Crippen molar-refractivity contribution in [1.82, 2.24) is 10.2 Å². The van der Waals surface area contributed by atoms with E-state index >= 15 is 0 Å². The fourth-order valence-electron chi connectivity index (χ4n) is 3.36. The summed E-state index contributed by atoms with van der Waals surface area (Å²) < 4.78 is 0. The van der Waals surface area contributed by atoms with Crippen LogP contribution in [0.2, 0.25) is 0 Å². The number of carbonyl (C=O) groups is 1. The van der Waals surface area contributed by atoms with Gasteiger partial charge in [0.1, 0.15) is 6.04 Å². The lowest BCUT2D eigenvalue weighted by molar-refractivity contribution is -0.130. The molecule has 102 valence electrons. The second-order valence-electron chi connectivity index (χ2n) is 5.83. The average molecular weight is 258 g/mol. The second-order valence-corrected chi connectivity index (χ2v) is 5.83. The Hall–Kier alpha value is -1.35. The molecule has 0 radical (unpaired) electrons. The van der Waals surface area contributed by atoms with Gasteiger partial charge in [0.25, 0.3) is 0 Å². The van der Waals surface area contributed by atoms with Crippen LogP contribution in [0.25, 0.3) is 0 Å². The molecule has 1 N–H and O–H groups in total. The fourth-order valence-corrected chi connectivity index (χ4v) is 3.36. The Morgan fingerprint density at radius 3 is 2.58 bits per heavy atom. The van der Waals surface area contributed by atoms with Crippen LogP contribution in [0.5, 0.6) is 0 Å². The zero-order chi connectivity index (χ0) is 13.2. The Kier molecular flexibility index (Phi) is 3.56. The maximum absolute atomic E-state index is 12.6. The van der Waals surface area contributed by atoms with Crippen molar-refractivity contribution >= 4 is 5.91 Å². The molecule has 3 nitrogen and oxygen atoms in total. The lowest BCUT2D eigenvalue weighted by atomic mass is 10.1. The highest BCUT2D eigenvalue weighted by molar-refractivity contribution is 5.85. The van der Waals surface area contributed by atoms with Gasteiger partial charge >= 0.3 is 0 Å². The third kappa shape index (κ3) is 2.52. The number of benzene rings is 1. The molecule has 1 aliphatic heterocycles. The minimum Gasteiger partial charge on any atom is -0.325 e. The minimum atomic E-state index is -0.155. The predicted octanol–water partition coefficient (Wildman–Crippen LogP) is 2.70. The smallest absolute Gasteiger partial charge is 0.245 e. The Bertz CT molecular complexity index is 439. The van der Waals surface area contributed by atoms with Gasteiger partial charge in [-0.2, -0.15) is 0 Å². The van der Waals surface area contributed by atoms with Gasteiger partial charge in [-0.15, -0.1) is 0 Å². The lowest BCUT2D eigenvalue weighted by Crippen LogP contribution is -2.37. The molecule has 0 aromatic heterocycles. The highest BCUT2D eigenvalue weighted by Crippen LogP contribution is 2.30. The molecule has 1 saturated heterocycles. The zero-order valence-electron chi connectivity index (χ0n) is 11.5. The van der Waals surface area contributed by atoms with Gasteiger partial charge < -0.3 is 4.90 Å². The van der Waals surface area contributed by atoms with Crippen molar-refractivity contribution in [3.05, 3.63) is 35.9 Å². The lowest BCUT2D eigenvalue weighted by Gasteiger charge is -2.24. The molecule has 2 fully saturated rings. The van der Waals surface area contributed by atoms with E-state index < -0.39 is 0 Å². The van der Waals surface area contributed by atoms with Crippen molar-refractivity contribution in [2.45, 2.75) is 44.8 Å². The first-order valence-electron chi connectivity index (χ1n) is 7.37. The summed E-state index contributed by atoms with van der Waals surface area (Å²) in [6, 6.07) is 9.88. The Morgan fingerprint density at radius 1 is 1.21 bits per heavy atom. The maximum atomic E-state index is 12.6. The molecular weight excluding hydrogens is 236 g/mol. The van der Waals surface area contributed by atoms with Crippen molar-refractivity contribution in [3.8, 4) is 0 Å². The van der Waals surface area contributed by atoms with E-state index in [0.29, 0.717) is 5.92 Å².